The van der Waals surface area contributed by atoms with E-state index in [-0.39, 0.29) is 5.91 Å². The molecule has 124 valence electrons. The number of carbonyl (C=O) groups is 1. The molecule has 1 atom stereocenters. The Labute approximate surface area is 143 Å². The molecule has 2 aliphatic rings. The first-order valence-electron chi connectivity index (χ1n) is 8.95. The van der Waals surface area contributed by atoms with Crippen LogP contribution in [0.1, 0.15) is 35.6 Å². The van der Waals surface area contributed by atoms with Crippen LogP contribution in [0.4, 0.5) is 0 Å². The van der Waals surface area contributed by atoms with Gasteiger partial charge in [-0.1, -0.05) is 54.6 Å². The van der Waals surface area contributed by atoms with Gasteiger partial charge in [-0.05, 0) is 42.5 Å². The Balaban J connectivity index is 1.43. The number of amides is 1. The third kappa shape index (κ3) is 3.09. The van der Waals surface area contributed by atoms with Gasteiger partial charge in [0.25, 0.3) is 0 Å². The summed E-state index contributed by atoms with van der Waals surface area (Å²) in [5.41, 5.74) is 4.04. The van der Waals surface area contributed by atoms with E-state index < -0.39 is 0 Å². The topological polar surface area (TPSA) is 23.6 Å². The molecule has 2 aliphatic heterocycles. The molecule has 0 aliphatic carbocycles. The predicted octanol–water partition coefficient (Wildman–Crippen LogP) is 3.41. The summed E-state index contributed by atoms with van der Waals surface area (Å²) in [7, 11) is 0. The van der Waals surface area contributed by atoms with Crippen LogP contribution >= 0.6 is 0 Å². The summed E-state index contributed by atoms with van der Waals surface area (Å²) in [6, 6.07) is 19.5. The molecule has 2 aromatic carbocycles. The molecule has 24 heavy (non-hydrogen) atoms. The number of nitrogens with zero attached hydrogens (tertiary/aromatic N) is 2. The van der Waals surface area contributed by atoms with E-state index in [9.17, 15) is 4.79 Å². The highest BCUT2D eigenvalue weighted by molar-refractivity contribution is 5.78. The van der Waals surface area contributed by atoms with E-state index in [0.29, 0.717) is 12.6 Å². The fourth-order valence-corrected chi connectivity index (χ4v) is 4.05. The molecule has 1 fully saturated rings. The number of benzene rings is 2. The molecule has 0 saturated carbocycles. The smallest absolute Gasteiger partial charge is 0.237 e. The fraction of sp³-hybridized carbons (Fsp3) is 0.381. The van der Waals surface area contributed by atoms with Gasteiger partial charge in [0.2, 0.25) is 5.91 Å². The lowest BCUT2D eigenvalue weighted by Gasteiger charge is -2.32. The predicted molar refractivity (Wildman–Crippen MR) is 95.6 cm³/mol. The maximum atomic E-state index is 12.8. The second-order valence-electron chi connectivity index (χ2n) is 6.87. The van der Waals surface area contributed by atoms with Crippen molar-refractivity contribution in [3.8, 4) is 0 Å². The first kappa shape index (κ1) is 15.4. The summed E-state index contributed by atoms with van der Waals surface area (Å²) in [6.45, 7) is 3.18. The van der Waals surface area contributed by atoms with Crippen molar-refractivity contribution in [3.05, 3.63) is 71.3 Å². The molecule has 0 radical (unpaired) electrons. The third-order valence-electron chi connectivity index (χ3n) is 5.37. The van der Waals surface area contributed by atoms with Gasteiger partial charge >= 0.3 is 0 Å². The SMILES string of the molecule is O=C(CN1CCCC1c1ccccc1)N1CCc2ccccc2C1. The molecule has 0 aromatic heterocycles. The zero-order valence-electron chi connectivity index (χ0n) is 14.0. The summed E-state index contributed by atoms with van der Waals surface area (Å²) in [6.07, 6.45) is 3.31. The lowest BCUT2D eigenvalue weighted by Crippen LogP contribution is -2.42. The number of carbonyl (C=O) groups excluding carboxylic acids is 1. The largest absolute Gasteiger partial charge is 0.337 e. The number of hydrogen-bond acceptors (Lipinski definition) is 2. The van der Waals surface area contributed by atoms with E-state index in [1.54, 1.807) is 0 Å². The molecule has 0 N–H and O–H groups in total. The van der Waals surface area contributed by atoms with Crippen LogP contribution in [0.2, 0.25) is 0 Å². The Morgan fingerprint density at radius 3 is 2.54 bits per heavy atom. The van der Waals surface area contributed by atoms with Gasteiger partial charge in [0.05, 0.1) is 6.54 Å². The van der Waals surface area contributed by atoms with Gasteiger partial charge in [-0.25, -0.2) is 0 Å². The van der Waals surface area contributed by atoms with Crippen LogP contribution in [0.5, 0.6) is 0 Å². The van der Waals surface area contributed by atoms with Gasteiger partial charge in [-0.2, -0.15) is 0 Å². The van der Waals surface area contributed by atoms with Crippen molar-refractivity contribution >= 4 is 5.91 Å². The van der Waals surface area contributed by atoms with Crippen LogP contribution in [-0.4, -0.2) is 35.3 Å². The standard InChI is InChI=1S/C21H24N2O/c24-21(23-14-12-17-7-4-5-10-19(17)15-23)16-22-13-6-11-20(22)18-8-2-1-3-9-18/h1-5,7-10,20H,6,11-16H2. The molecule has 1 amide bonds. The highest BCUT2D eigenvalue weighted by atomic mass is 16.2. The van der Waals surface area contributed by atoms with Crippen LogP contribution in [0.3, 0.4) is 0 Å². The Kier molecular flexibility index (Phi) is 4.35. The summed E-state index contributed by atoms with van der Waals surface area (Å²) < 4.78 is 0. The van der Waals surface area contributed by atoms with Crippen molar-refractivity contribution in [2.24, 2.45) is 0 Å². The van der Waals surface area contributed by atoms with Crippen molar-refractivity contribution in [3.63, 3.8) is 0 Å². The Morgan fingerprint density at radius 1 is 0.958 bits per heavy atom. The average Bonchev–Trinajstić information content (AvgIpc) is 3.10. The monoisotopic (exact) mass is 320 g/mol. The highest BCUT2D eigenvalue weighted by Gasteiger charge is 2.29. The third-order valence-corrected chi connectivity index (χ3v) is 5.37. The van der Waals surface area contributed by atoms with E-state index in [1.165, 1.54) is 23.1 Å². The van der Waals surface area contributed by atoms with E-state index in [4.69, 9.17) is 0 Å². The Hall–Kier alpha value is -2.13. The van der Waals surface area contributed by atoms with Crippen molar-refractivity contribution in [1.29, 1.82) is 0 Å². The van der Waals surface area contributed by atoms with Crippen LogP contribution in [0.15, 0.2) is 54.6 Å². The Morgan fingerprint density at radius 2 is 1.71 bits per heavy atom. The lowest BCUT2D eigenvalue weighted by molar-refractivity contribution is -0.133. The first-order chi connectivity index (χ1) is 11.8. The quantitative estimate of drug-likeness (QED) is 0.865. The molecule has 3 nitrogen and oxygen atoms in total. The van der Waals surface area contributed by atoms with Crippen molar-refractivity contribution < 1.29 is 4.79 Å². The minimum atomic E-state index is 0.271. The number of hydrogen-bond donors (Lipinski definition) is 0. The highest BCUT2D eigenvalue weighted by Crippen LogP contribution is 2.31. The minimum absolute atomic E-state index is 0.271. The van der Waals surface area contributed by atoms with Crippen molar-refractivity contribution in [2.75, 3.05) is 19.6 Å². The summed E-state index contributed by atoms with van der Waals surface area (Å²) >= 11 is 0. The number of rotatable bonds is 3. The minimum Gasteiger partial charge on any atom is -0.337 e. The zero-order chi connectivity index (χ0) is 16.4. The maximum absolute atomic E-state index is 12.8. The molecule has 4 rings (SSSR count). The average molecular weight is 320 g/mol. The number of fused-ring (bicyclic) bond motifs is 1. The summed E-state index contributed by atoms with van der Waals surface area (Å²) in [5, 5.41) is 0. The van der Waals surface area contributed by atoms with Gasteiger partial charge < -0.3 is 4.90 Å². The van der Waals surface area contributed by atoms with E-state index in [2.05, 4.69) is 59.5 Å². The Bertz CT molecular complexity index is 713. The van der Waals surface area contributed by atoms with E-state index in [0.717, 1.165) is 32.5 Å². The molecule has 0 spiro atoms. The molecule has 1 unspecified atom stereocenters. The first-order valence-corrected chi connectivity index (χ1v) is 8.95. The van der Waals surface area contributed by atoms with E-state index in [1.807, 2.05) is 4.90 Å². The second-order valence-corrected chi connectivity index (χ2v) is 6.87. The molecule has 0 bridgehead atoms. The van der Waals surface area contributed by atoms with Crippen LogP contribution in [0.25, 0.3) is 0 Å². The van der Waals surface area contributed by atoms with Crippen LogP contribution in [0, 0.1) is 0 Å². The fourth-order valence-electron chi connectivity index (χ4n) is 4.05. The maximum Gasteiger partial charge on any atom is 0.237 e. The van der Waals surface area contributed by atoms with Crippen LogP contribution < -0.4 is 0 Å². The van der Waals surface area contributed by atoms with Gasteiger partial charge in [-0.3, -0.25) is 9.69 Å². The zero-order valence-corrected chi connectivity index (χ0v) is 14.0. The van der Waals surface area contributed by atoms with Crippen LogP contribution in [-0.2, 0) is 17.8 Å². The van der Waals surface area contributed by atoms with E-state index >= 15 is 0 Å². The molecule has 3 heteroatoms. The van der Waals surface area contributed by atoms with Gasteiger partial charge in [0, 0.05) is 19.1 Å². The molecule has 2 aromatic rings. The van der Waals surface area contributed by atoms with Gasteiger partial charge in [-0.15, -0.1) is 0 Å². The molecular formula is C21H24N2O. The van der Waals surface area contributed by atoms with Gasteiger partial charge in [0.15, 0.2) is 0 Å². The van der Waals surface area contributed by atoms with Gasteiger partial charge in [0.1, 0.15) is 0 Å². The normalized spacial score (nSPS) is 20.8. The summed E-state index contributed by atoms with van der Waals surface area (Å²) in [5.74, 6) is 0.271. The molecule has 2 heterocycles. The second kappa shape index (κ2) is 6.78. The van der Waals surface area contributed by atoms with Crippen molar-refractivity contribution in [2.45, 2.75) is 31.8 Å². The molecule has 1 saturated heterocycles. The lowest BCUT2D eigenvalue weighted by atomic mass is 10.00. The number of likely N-dealkylation sites (tertiary alicyclic amines) is 1. The van der Waals surface area contributed by atoms with Crippen molar-refractivity contribution in [1.82, 2.24) is 9.80 Å². The summed E-state index contributed by atoms with van der Waals surface area (Å²) in [4.78, 5) is 17.2. The molecular weight excluding hydrogens is 296 g/mol.